The summed E-state index contributed by atoms with van der Waals surface area (Å²) < 4.78 is 11.6. The predicted octanol–water partition coefficient (Wildman–Crippen LogP) is 3.80. The first kappa shape index (κ1) is 19.8. The average molecular weight is 380 g/mol. The Kier molecular flexibility index (Phi) is 6.24. The lowest BCUT2D eigenvalue weighted by atomic mass is 10.1. The Balaban J connectivity index is 1.64. The summed E-state index contributed by atoms with van der Waals surface area (Å²) >= 11 is 0. The van der Waals surface area contributed by atoms with E-state index in [2.05, 4.69) is 5.32 Å². The zero-order valence-electron chi connectivity index (χ0n) is 17.0. The fraction of sp³-hybridized carbons (Fsp3) is 0.348. The SMILES string of the molecule is CCOc1cc2c(cc1/C=C/C(=O)NCc1ccc(N(C)C)cc1)O[C@H](C)C2. The van der Waals surface area contributed by atoms with Gasteiger partial charge in [0.15, 0.2) is 0 Å². The summed E-state index contributed by atoms with van der Waals surface area (Å²) in [6.07, 6.45) is 4.37. The second-order valence-electron chi connectivity index (χ2n) is 7.18. The van der Waals surface area contributed by atoms with Crippen LogP contribution >= 0.6 is 0 Å². The molecule has 0 radical (unpaired) electrons. The molecule has 0 saturated heterocycles. The smallest absolute Gasteiger partial charge is 0.244 e. The summed E-state index contributed by atoms with van der Waals surface area (Å²) in [5.74, 6) is 1.51. The number of amides is 1. The standard InChI is InChI=1S/C23H28N2O3/c1-5-27-21-14-19-12-16(2)28-22(19)13-18(21)8-11-23(26)24-15-17-6-9-20(10-7-17)25(3)4/h6-11,13-14,16H,5,12,15H2,1-4H3,(H,24,26)/b11-8+/t16-/m1/s1. The van der Waals surface area contributed by atoms with Crippen LogP contribution in [0.1, 0.15) is 30.5 Å². The third kappa shape index (κ3) is 4.85. The van der Waals surface area contributed by atoms with E-state index in [4.69, 9.17) is 9.47 Å². The minimum Gasteiger partial charge on any atom is -0.493 e. The molecule has 28 heavy (non-hydrogen) atoms. The summed E-state index contributed by atoms with van der Waals surface area (Å²) in [6, 6.07) is 12.1. The highest BCUT2D eigenvalue weighted by Gasteiger charge is 2.21. The molecule has 5 heteroatoms. The number of hydrogen-bond acceptors (Lipinski definition) is 4. The molecule has 0 bridgehead atoms. The van der Waals surface area contributed by atoms with Crippen LogP contribution in [-0.2, 0) is 17.8 Å². The summed E-state index contributed by atoms with van der Waals surface area (Å²) in [5.41, 5.74) is 4.19. The van der Waals surface area contributed by atoms with Gasteiger partial charge in [0.2, 0.25) is 5.91 Å². The third-order valence-corrected chi connectivity index (χ3v) is 4.66. The van der Waals surface area contributed by atoms with Crippen molar-refractivity contribution in [2.75, 3.05) is 25.6 Å². The molecule has 0 fully saturated rings. The van der Waals surface area contributed by atoms with E-state index in [0.717, 1.165) is 40.3 Å². The van der Waals surface area contributed by atoms with Crippen LogP contribution in [0.15, 0.2) is 42.5 Å². The molecule has 5 nitrogen and oxygen atoms in total. The van der Waals surface area contributed by atoms with Gasteiger partial charge < -0.3 is 19.7 Å². The van der Waals surface area contributed by atoms with Gasteiger partial charge in [-0.15, -0.1) is 0 Å². The second-order valence-corrected chi connectivity index (χ2v) is 7.18. The Morgan fingerprint density at radius 3 is 2.71 bits per heavy atom. The number of carbonyl (C=O) groups is 1. The number of anilines is 1. The van der Waals surface area contributed by atoms with Gasteiger partial charge in [-0.3, -0.25) is 4.79 Å². The number of nitrogens with one attached hydrogen (secondary N) is 1. The van der Waals surface area contributed by atoms with Crippen LogP contribution in [0.25, 0.3) is 6.08 Å². The summed E-state index contributed by atoms with van der Waals surface area (Å²) in [6.45, 7) is 5.06. The van der Waals surface area contributed by atoms with Crippen LogP contribution in [0.2, 0.25) is 0 Å². The molecular formula is C23H28N2O3. The van der Waals surface area contributed by atoms with Gasteiger partial charge in [0.25, 0.3) is 0 Å². The van der Waals surface area contributed by atoms with Crippen LogP contribution in [0.3, 0.4) is 0 Å². The molecular weight excluding hydrogens is 352 g/mol. The Hall–Kier alpha value is -2.95. The second kappa shape index (κ2) is 8.83. The lowest BCUT2D eigenvalue weighted by Gasteiger charge is -2.12. The Morgan fingerprint density at radius 1 is 1.29 bits per heavy atom. The van der Waals surface area contributed by atoms with E-state index in [0.29, 0.717) is 13.2 Å². The van der Waals surface area contributed by atoms with E-state index in [1.54, 1.807) is 6.08 Å². The zero-order chi connectivity index (χ0) is 20.1. The van der Waals surface area contributed by atoms with Crippen molar-refractivity contribution in [1.82, 2.24) is 5.32 Å². The van der Waals surface area contributed by atoms with Crippen LogP contribution < -0.4 is 19.7 Å². The first-order chi connectivity index (χ1) is 13.5. The molecule has 0 aromatic heterocycles. The number of fused-ring (bicyclic) bond motifs is 1. The lowest BCUT2D eigenvalue weighted by molar-refractivity contribution is -0.116. The van der Waals surface area contributed by atoms with Gasteiger partial charge in [-0.2, -0.15) is 0 Å². The first-order valence-electron chi connectivity index (χ1n) is 9.64. The van der Waals surface area contributed by atoms with Gasteiger partial charge in [0.05, 0.1) is 6.61 Å². The molecule has 1 atom stereocenters. The Labute approximate surface area is 167 Å². The third-order valence-electron chi connectivity index (χ3n) is 4.66. The first-order valence-corrected chi connectivity index (χ1v) is 9.64. The molecule has 2 aromatic rings. The van der Waals surface area contributed by atoms with Crippen molar-refractivity contribution in [2.24, 2.45) is 0 Å². The Morgan fingerprint density at radius 2 is 2.04 bits per heavy atom. The maximum Gasteiger partial charge on any atom is 0.244 e. The number of rotatable bonds is 7. The van der Waals surface area contributed by atoms with Crippen molar-refractivity contribution in [2.45, 2.75) is 32.9 Å². The van der Waals surface area contributed by atoms with Crippen LogP contribution in [0.4, 0.5) is 5.69 Å². The molecule has 1 N–H and O–H groups in total. The number of carbonyl (C=O) groups excluding carboxylic acids is 1. The van der Waals surface area contributed by atoms with Gasteiger partial charge in [0.1, 0.15) is 17.6 Å². The van der Waals surface area contributed by atoms with E-state index in [-0.39, 0.29) is 12.0 Å². The van der Waals surface area contributed by atoms with Crippen molar-refractivity contribution in [1.29, 1.82) is 0 Å². The summed E-state index contributed by atoms with van der Waals surface area (Å²) in [7, 11) is 4.01. The topological polar surface area (TPSA) is 50.8 Å². The van der Waals surface area contributed by atoms with Gasteiger partial charge in [0, 0.05) is 50.0 Å². The number of nitrogens with zero attached hydrogens (tertiary/aromatic N) is 1. The van der Waals surface area contributed by atoms with E-state index in [1.807, 2.05) is 69.2 Å². The van der Waals surface area contributed by atoms with Crippen molar-refractivity contribution < 1.29 is 14.3 Å². The quantitative estimate of drug-likeness (QED) is 0.742. The summed E-state index contributed by atoms with van der Waals surface area (Å²) in [5, 5.41) is 2.92. The molecule has 0 spiro atoms. The van der Waals surface area contributed by atoms with Gasteiger partial charge >= 0.3 is 0 Å². The molecule has 148 valence electrons. The van der Waals surface area contributed by atoms with Crippen molar-refractivity contribution >= 4 is 17.7 Å². The highest BCUT2D eigenvalue weighted by molar-refractivity contribution is 5.92. The number of ether oxygens (including phenoxy) is 2. The summed E-state index contributed by atoms with van der Waals surface area (Å²) in [4.78, 5) is 14.3. The van der Waals surface area contributed by atoms with Gasteiger partial charge in [-0.1, -0.05) is 12.1 Å². The predicted molar refractivity (Wildman–Crippen MR) is 113 cm³/mol. The average Bonchev–Trinajstić information content (AvgIpc) is 3.03. The minimum atomic E-state index is -0.145. The van der Waals surface area contributed by atoms with Gasteiger partial charge in [-0.05, 0) is 49.8 Å². The molecule has 1 amide bonds. The minimum absolute atomic E-state index is 0.145. The van der Waals surface area contributed by atoms with E-state index in [9.17, 15) is 4.79 Å². The lowest BCUT2D eigenvalue weighted by Crippen LogP contribution is -2.20. The highest BCUT2D eigenvalue weighted by atomic mass is 16.5. The monoisotopic (exact) mass is 380 g/mol. The fourth-order valence-electron chi connectivity index (χ4n) is 3.19. The molecule has 1 heterocycles. The van der Waals surface area contributed by atoms with E-state index in [1.165, 1.54) is 6.08 Å². The van der Waals surface area contributed by atoms with Crippen molar-refractivity contribution in [3.8, 4) is 11.5 Å². The zero-order valence-corrected chi connectivity index (χ0v) is 17.0. The highest BCUT2D eigenvalue weighted by Crippen LogP contribution is 2.35. The number of hydrogen-bond donors (Lipinski definition) is 1. The van der Waals surface area contributed by atoms with Crippen molar-refractivity contribution in [3.63, 3.8) is 0 Å². The van der Waals surface area contributed by atoms with E-state index < -0.39 is 0 Å². The van der Waals surface area contributed by atoms with Crippen LogP contribution in [-0.4, -0.2) is 32.7 Å². The molecule has 0 unspecified atom stereocenters. The largest absolute Gasteiger partial charge is 0.493 e. The van der Waals surface area contributed by atoms with Gasteiger partial charge in [-0.25, -0.2) is 0 Å². The molecule has 1 aliphatic rings. The van der Waals surface area contributed by atoms with Crippen LogP contribution in [0.5, 0.6) is 11.5 Å². The molecule has 0 saturated carbocycles. The van der Waals surface area contributed by atoms with Crippen LogP contribution in [0, 0.1) is 0 Å². The fourth-order valence-corrected chi connectivity index (χ4v) is 3.19. The number of benzene rings is 2. The van der Waals surface area contributed by atoms with Crippen molar-refractivity contribution in [3.05, 3.63) is 59.2 Å². The molecule has 1 aliphatic heterocycles. The maximum atomic E-state index is 12.2. The normalized spacial score (nSPS) is 15.2. The molecule has 3 rings (SSSR count). The van der Waals surface area contributed by atoms with E-state index >= 15 is 0 Å². The maximum absolute atomic E-state index is 12.2. The molecule has 0 aliphatic carbocycles. The molecule has 2 aromatic carbocycles. The Bertz CT molecular complexity index is 857.